The monoisotopic (exact) mass is 1250 g/mol. The van der Waals surface area contributed by atoms with Crippen molar-refractivity contribution in [2.45, 2.75) is 127 Å². The zero-order valence-corrected chi connectivity index (χ0v) is 52.0. The number of fused-ring (bicyclic) bond motifs is 3. The molecule has 0 bridgehead atoms. The number of halogens is 1. The fourth-order valence-electron chi connectivity index (χ4n) is 13.5. The lowest BCUT2D eigenvalue weighted by Gasteiger charge is -2.39. The number of carbonyl (C=O) groups is 1. The summed E-state index contributed by atoms with van der Waals surface area (Å²) < 4.78 is 19.0. The summed E-state index contributed by atoms with van der Waals surface area (Å²) in [6, 6.07) is 38.0. The quantitative estimate of drug-likeness (QED) is 0.116. The summed E-state index contributed by atoms with van der Waals surface area (Å²) >= 11 is 3.42. The molecule has 19 heteroatoms. The number of hydrogen-bond acceptors (Lipinski definition) is 18. The molecule has 0 amide bonds. The molecule has 88 heavy (non-hydrogen) atoms. The van der Waals surface area contributed by atoms with Crippen molar-refractivity contribution in [3.63, 3.8) is 0 Å². The molecule has 0 saturated carbocycles. The minimum atomic E-state index is -0.757. The molecule has 0 aliphatic carbocycles. The molecule has 12 heterocycles. The summed E-state index contributed by atoms with van der Waals surface area (Å²) in [6.45, 7) is 13.4. The van der Waals surface area contributed by atoms with Gasteiger partial charge >= 0.3 is 0 Å². The van der Waals surface area contributed by atoms with Gasteiger partial charge in [0.2, 0.25) is 16.9 Å². The van der Waals surface area contributed by atoms with E-state index in [0.717, 1.165) is 116 Å². The standard InChI is InChI=1S/2C23H28N4O2.C16H21BrN4O.C7H6O/c28-20(17-7-3-1-4-8-17)19-9-12-24-22-21(19)29-23(25-22)27-15-10-18(11-16-27)26-13-5-2-6-14-26;28-21(17-7-3-1-4-8-17)18-15-20-22(24-16-18)25-23(29-20)27-13-9-19(10-14-27)26-11-5-2-6-12-26;17-12-10-14-15(18-11-12)19-16(22-14)21-8-4-13(5-9-21)20-6-2-1-3-7-20;8-6-7-4-2-1-3-5-7/h1,3-4,7-9,12,18,20,28H,2,5-6,10-11,13-16H2;1,3-4,7-8,15-16,19,21,28H,2,5-6,9-14H2;10-11,13H,1-9H2;1-6H. The number of hydrogen-bond donors (Lipinski definition) is 2. The molecule has 3 aromatic carbocycles. The number of aldehydes is 1. The van der Waals surface area contributed by atoms with E-state index >= 15 is 0 Å². The SMILES string of the molecule is Brc1cnc2nc(N3CCC(N4CCCCC4)CC3)oc2c1.O=Cc1ccccc1.OC(c1ccccc1)c1ccnc2nc(N3CCC(N4CCCCC4)CC3)oc12.OC(c1ccccc1)c1cnc2nc(N3CCC(N4CCCCC4)CC3)oc2c1. The Kier molecular flexibility index (Phi) is 20.8. The van der Waals surface area contributed by atoms with Crippen molar-refractivity contribution >= 4 is 74.0 Å². The van der Waals surface area contributed by atoms with Crippen molar-refractivity contribution in [3.8, 4) is 0 Å². The maximum atomic E-state index is 10.9. The van der Waals surface area contributed by atoms with E-state index in [4.69, 9.17) is 13.3 Å². The Morgan fingerprint density at radius 2 is 0.852 bits per heavy atom. The summed E-state index contributed by atoms with van der Waals surface area (Å²) in [7, 11) is 0. The molecule has 6 aliphatic rings. The normalized spacial score (nSPS) is 19.5. The van der Waals surface area contributed by atoms with Crippen LogP contribution in [0, 0.1) is 0 Å². The predicted octanol–water partition coefficient (Wildman–Crippen LogP) is 12.5. The van der Waals surface area contributed by atoms with Crippen LogP contribution in [0.4, 0.5) is 18.0 Å². The Morgan fingerprint density at radius 3 is 1.31 bits per heavy atom. The number of rotatable bonds is 11. The molecule has 18 nitrogen and oxygen atoms in total. The van der Waals surface area contributed by atoms with Gasteiger partial charge in [0.15, 0.2) is 16.7 Å². The number of nitrogens with zero attached hydrogens (tertiary/aromatic N) is 12. The first-order chi connectivity index (χ1) is 43.3. The lowest BCUT2D eigenvalue weighted by atomic mass is 10.0. The van der Waals surface area contributed by atoms with Crippen molar-refractivity contribution in [1.29, 1.82) is 0 Å². The highest BCUT2D eigenvalue weighted by Crippen LogP contribution is 2.34. The van der Waals surface area contributed by atoms with E-state index in [1.165, 1.54) is 110 Å². The Labute approximate surface area is 524 Å². The van der Waals surface area contributed by atoms with E-state index in [9.17, 15) is 15.0 Å². The van der Waals surface area contributed by atoms with Crippen molar-refractivity contribution in [2.24, 2.45) is 0 Å². The number of likely N-dealkylation sites (tertiary alicyclic amines) is 3. The smallest absolute Gasteiger partial charge is 0.299 e. The van der Waals surface area contributed by atoms with Gasteiger partial charge in [-0.05, 0) is 156 Å². The van der Waals surface area contributed by atoms with Crippen molar-refractivity contribution in [1.82, 2.24) is 44.6 Å². The molecule has 2 N–H and O–H groups in total. The second-order valence-corrected chi connectivity index (χ2v) is 25.1. The van der Waals surface area contributed by atoms with Crippen LogP contribution in [-0.2, 0) is 0 Å². The van der Waals surface area contributed by atoms with Crippen LogP contribution in [0.2, 0.25) is 0 Å². The minimum absolute atomic E-state index is 0.561. The largest absolute Gasteiger partial charge is 0.422 e. The summed E-state index contributed by atoms with van der Waals surface area (Å²) in [5.41, 5.74) is 7.65. The van der Waals surface area contributed by atoms with E-state index in [-0.39, 0.29) is 0 Å². The Bertz CT molecular complexity index is 3590. The molecule has 6 aromatic heterocycles. The molecule has 2 atom stereocenters. The van der Waals surface area contributed by atoms with Gasteiger partial charge in [0.05, 0.1) is 0 Å². The zero-order chi connectivity index (χ0) is 60.0. The zero-order valence-electron chi connectivity index (χ0n) is 50.5. The highest BCUT2D eigenvalue weighted by molar-refractivity contribution is 9.10. The molecule has 6 aliphatic heterocycles. The van der Waals surface area contributed by atoms with E-state index in [1.807, 2.05) is 97.1 Å². The van der Waals surface area contributed by atoms with Crippen LogP contribution in [0.3, 0.4) is 0 Å². The number of oxazole rings is 3. The Morgan fingerprint density at radius 1 is 0.443 bits per heavy atom. The van der Waals surface area contributed by atoms with Crippen molar-refractivity contribution in [2.75, 3.05) is 93.2 Å². The van der Waals surface area contributed by atoms with Gasteiger partial charge in [0.25, 0.3) is 18.0 Å². The van der Waals surface area contributed by atoms with Crippen LogP contribution in [0.5, 0.6) is 0 Å². The molecule has 6 saturated heterocycles. The number of aliphatic hydroxyl groups is 2. The highest BCUT2D eigenvalue weighted by atomic mass is 79.9. The molecule has 462 valence electrons. The van der Waals surface area contributed by atoms with E-state index in [2.05, 4.69) is 75.2 Å². The summed E-state index contributed by atoms with van der Waals surface area (Å²) in [5, 5.41) is 21.5. The van der Waals surface area contributed by atoms with E-state index < -0.39 is 12.2 Å². The average Bonchev–Trinajstić information content (AvgIpc) is 3.35. The highest BCUT2D eigenvalue weighted by Gasteiger charge is 2.32. The van der Waals surface area contributed by atoms with Gasteiger partial charge < -0.3 is 52.9 Å². The maximum absolute atomic E-state index is 10.9. The number of aliphatic hydroxyl groups excluding tert-OH is 2. The Balaban J connectivity index is 0.000000122. The first kappa shape index (κ1) is 61.1. The van der Waals surface area contributed by atoms with E-state index in [1.54, 1.807) is 30.7 Å². The molecule has 6 fully saturated rings. The fraction of sp³-hybridized carbons (Fsp3) is 0.464. The number of pyridine rings is 3. The second-order valence-electron chi connectivity index (χ2n) is 24.2. The van der Waals surface area contributed by atoms with Crippen LogP contribution >= 0.6 is 15.9 Å². The predicted molar refractivity (Wildman–Crippen MR) is 348 cm³/mol. The van der Waals surface area contributed by atoms with Crippen LogP contribution in [0.15, 0.2) is 146 Å². The first-order valence-corrected chi connectivity index (χ1v) is 33.0. The lowest BCUT2D eigenvalue weighted by molar-refractivity contribution is 0.112. The van der Waals surface area contributed by atoms with Crippen LogP contribution in [-0.4, -0.2) is 158 Å². The molecule has 2 unspecified atom stereocenters. The molecular formula is C69H83BrN12O6. The van der Waals surface area contributed by atoms with Gasteiger partial charge in [0, 0.05) is 103 Å². The molecular weight excluding hydrogens is 1170 g/mol. The molecule has 9 aromatic rings. The lowest BCUT2D eigenvalue weighted by Crippen LogP contribution is -2.46. The third-order valence-corrected chi connectivity index (χ3v) is 18.9. The van der Waals surface area contributed by atoms with E-state index in [0.29, 0.717) is 57.8 Å². The minimum Gasteiger partial charge on any atom is -0.422 e. The first-order valence-electron chi connectivity index (χ1n) is 32.2. The van der Waals surface area contributed by atoms with Gasteiger partial charge in [-0.3, -0.25) is 4.79 Å². The van der Waals surface area contributed by atoms with Gasteiger partial charge in [-0.25, -0.2) is 15.0 Å². The Hall–Kier alpha value is -7.13. The summed E-state index contributed by atoms with van der Waals surface area (Å²) in [4.78, 5) is 51.6. The third-order valence-electron chi connectivity index (χ3n) is 18.5. The summed E-state index contributed by atoms with van der Waals surface area (Å²) in [5.74, 6) is 0. The van der Waals surface area contributed by atoms with Crippen LogP contribution < -0.4 is 14.7 Å². The van der Waals surface area contributed by atoms with Gasteiger partial charge in [-0.1, -0.05) is 110 Å². The molecule has 0 spiro atoms. The van der Waals surface area contributed by atoms with Gasteiger partial charge in [-0.2, -0.15) is 15.0 Å². The average molecular weight is 1260 g/mol. The van der Waals surface area contributed by atoms with Crippen LogP contribution in [0.1, 0.15) is 141 Å². The van der Waals surface area contributed by atoms with Crippen LogP contribution in [0.25, 0.3) is 33.7 Å². The topological polar surface area (TPSA) is 194 Å². The fourth-order valence-corrected chi connectivity index (χ4v) is 13.8. The number of piperidine rings is 6. The number of carbonyl (C=O) groups excluding carboxylic acids is 1. The number of aromatic nitrogens is 6. The van der Waals surface area contributed by atoms with Crippen molar-refractivity contribution < 1.29 is 28.3 Å². The molecule has 0 radical (unpaired) electrons. The summed E-state index contributed by atoms with van der Waals surface area (Å²) in [6.07, 6.45) is 23.8. The van der Waals surface area contributed by atoms with Gasteiger partial charge in [0.1, 0.15) is 18.5 Å². The number of benzene rings is 3. The number of anilines is 3. The third kappa shape index (κ3) is 15.3. The second kappa shape index (κ2) is 29.9. The van der Waals surface area contributed by atoms with Crippen molar-refractivity contribution in [3.05, 3.63) is 160 Å². The molecule has 15 rings (SSSR count). The maximum Gasteiger partial charge on any atom is 0.299 e. The van der Waals surface area contributed by atoms with Gasteiger partial charge in [-0.15, -0.1) is 0 Å².